The van der Waals surface area contributed by atoms with Crippen LogP contribution in [0.15, 0.2) is 4.52 Å². The maximum Gasteiger partial charge on any atom is 0.246 e. The molecular weight excluding hydrogens is 246 g/mol. The molecule has 1 aliphatic rings. The standard InChI is InChI=1S/C13H23N3OS/c1-5-13(7-6-8-14-13)11-15-10(16-17-11)9-18-12(2,3)4/h14H,5-9H2,1-4H3. The van der Waals surface area contributed by atoms with Gasteiger partial charge >= 0.3 is 0 Å². The molecule has 1 aromatic rings. The fraction of sp³-hybridized carbons (Fsp3) is 0.846. The summed E-state index contributed by atoms with van der Waals surface area (Å²) in [6, 6.07) is 0. The van der Waals surface area contributed by atoms with E-state index in [-0.39, 0.29) is 10.3 Å². The van der Waals surface area contributed by atoms with Crippen LogP contribution in [-0.2, 0) is 11.3 Å². The van der Waals surface area contributed by atoms with Gasteiger partial charge in [0.05, 0.1) is 11.3 Å². The molecule has 0 radical (unpaired) electrons. The van der Waals surface area contributed by atoms with Crippen LogP contribution >= 0.6 is 11.8 Å². The van der Waals surface area contributed by atoms with Gasteiger partial charge in [0.15, 0.2) is 5.82 Å². The van der Waals surface area contributed by atoms with Crippen LogP contribution in [0.5, 0.6) is 0 Å². The van der Waals surface area contributed by atoms with Gasteiger partial charge in [-0.3, -0.25) is 0 Å². The minimum Gasteiger partial charge on any atom is -0.337 e. The summed E-state index contributed by atoms with van der Waals surface area (Å²) in [4.78, 5) is 4.58. The fourth-order valence-corrected chi connectivity index (χ4v) is 2.91. The third kappa shape index (κ3) is 3.06. The second-order valence-electron chi connectivity index (χ2n) is 5.88. The summed E-state index contributed by atoms with van der Waals surface area (Å²) in [6.07, 6.45) is 3.28. The van der Waals surface area contributed by atoms with Crippen molar-refractivity contribution < 1.29 is 4.52 Å². The smallest absolute Gasteiger partial charge is 0.246 e. The van der Waals surface area contributed by atoms with E-state index >= 15 is 0 Å². The highest BCUT2D eigenvalue weighted by atomic mass is 32.2. The fourth-order valence-electron chi connectivity index (χ4n) is 2.23. The van der Waals surface area contributed by atoms with Crippen molar-refractivity contribution in [2.75, 3.05) is 6.54 Å². The molecule has 1 aliphatic heterocycles. The molecule has 0 aromatic carbocycles. The first-order valence-electron chi connectivity index (χ1n) is 6.67. The Bertz CT molecular complexity index is 391. The highest BCUT2D eigenvalue weighted by Gasteiger charge is 2.38. The zero-order valence-electron chi connectivity index (χ0n) is 11.7. The first kappa shape index (κ1) is 13.9. The number of rotatable bonds is 4. The first-order chi connectivity index (χ1) is 8.45. The molecule has 1 atom stereocenters. The number of nitrogens with one attached hydrogen (secondary N) is 1. The van der Waals surface area contributed by atoms with E-state index in [0.717, 1.165) is 36.9 Å². The summed E-state index contributed by atoms with van der Waals surface area (Å²) in [6.45, 7) is 9.81. The molecule has 2 rings (SSSR count). The average Bonchev–Trinajstić information content (AvgIpc) is 2.95. The molecular formula is C13H23N3OS. The molecule has 0 amide bonds. The zero-order chi connectivity index (χ0) is 13.2. The predicted molar refractivity (Wildman–Crippen MR) is 74.6 cm³/mol. The van der Waals surface area contributed by atoms with Gasteiger partial charge in [0.1, 0.15) is 0 Å². The molecule has 1 aromatic heterocycles. The summed E-state index contributed by atoms with van der Waals surface area (Å²) in [5.41, 5.74) is -0.0718. The molecule has 1 saturated heterocycles. The van der Waals surface area contributed by atoms with Gasteiger partial charge in [-0.15, -0.1) is 11.8 Å². The van der Waals surface area contributed by atoms with Crippen LogP contribution in [0.1, 0.15) is 58.7 Å². The lowest BCUT2D eigenvalue weighted by Crippen LogP contribution is -2.36. The number of nitrogens with zero attached hydrogens (tertiary/aromatic N) is 2. The summed E-state index contributed by atoms with van der Waals surface area (Å²) in [5, 5.41) is 7.63. The van der Waals surface area contributed by atoms with Gasteiger partial charge in [-0.1, -0.05) is 32.9 Å². The second-order valence-corrected chi connectivity index (χ2v) is 7.68. The van der Waals surface area contributed by atoms with Crippen LogP contribution < -0.4 is 5.32 Å². The Morgan fingerprint density at radius 2 is 2.22 bits per heavy atom. The van der Waals surface area contributed by atoms with E-state index < -0.39 is 0 Å². The first-order valence-corrected chi connectivity index (χ1v) is 7.66. The van der Waals surface area contributed by atoms with E-state index in [2.05, 4.69) is 43.2 Å². The van der Waals surface area contributed by atoms with E-state index in [4.69, 9.17) is 4.52 Å². The molecule has 102 valence electrons. The molecule has 0 saturated carbocycles. The van der Waals surface area contributed by atoms with Crippen LogP contribution in [0.2, 0.25) is 0 Å². The number of aromatic nitrogens is 2. The van der Waals surface area contributed by atoms with E-state index in [1.165, 1.54) is 6.42 Å². The monoisotopic (exact) mass is 269 g/mol. The molecule has 2 heterocycles. The lowest BCUT2D eigenvalue weighted by Gasteiger charge is -2.22. The van der Waals surface area contributed by atoms with Crippen molar-refractivity contribution in [2.45, 2.75) is 63.0 Å². The number of thioether (sulfide) groups is 1. The average molecular weight is 269 g/mol. The third-order valence-corrected chi connectivity index (χ3v) is 4.63. The summed E-state index contributed by atoms with van der Waals surface area (Å²) < 4.78 is 5.70. The maximum atomic E-state index is 5.47. The van der Waals surface area contributed by atoms with Crippen molar-refractivity contribution >= 4 is 11.8 Å². The Hall–Kier alpha value is -0.550. The minimum absolute atomic E-state index is 0.0718. The van der Waals surface area contributed by atoms with Crippen LogP contribution in [0.4, 0.5) is 0 Å². The van der Waals surface area contributed by atoms with Crippen LogP contribution in [0, 0.1) is 0 Å². The number of hydrogen-bond acceptors (Lipinski definition) is 5. The Morgan fingerprint density at radius 1 is 1.44 bits per heavy atom. The van der Waals surface area contributed by atoms with Crippen molar-refractivity contribution in [1.29, 1.82) is 0 Å². The molecule has 0 spiro atoms. The Balaban J connectivity index is 2.05. The molecule has 1 unspecified atom stereocenters. The Kier molecular flexibility index (Phi) is 4.02. The molecule has 1 fully saturated rings. The summed E-state index contributed by atoms with van der Waals surface area (Å²) in [7, 11) is 0. The molecule has 1 N–H and O–H groups in total. The van der Waals surface area contributed by atoms with Gasteiger partial charge in [-0.25, -0.2) is 0 Å². The van der Waals surface area contributed by atoms with Crippen molar-refractivity contribution in [1.82, 2.24) is 15.5 Å². The third-order valence-electron chi connectivity index (χ3n) is 3.36. The molecule has 4 nitrogen and oxygen atoms in total. The SMILES string of the molecule is CCC1(c2nc(CSC(C)(C)C)no2)CCCN1. The van der Waals surface area contributed by atoms with E-state index in [9.17, 15) is 0 Å². The van der Waals surface area contributed by atoms with Crippen LogP contribution in [0.3, 0.4) is 0 Å². The normalized spacial score (nSPS) is 24.7. The zero-order valence-corrected chi connectivity index (χ0v) is 12.6. The van der Waals surface area contributed by atoms with Crippen molar-refractivity contribution in [3.05, 3.63) is 11.7 Å². The highest BCUT2D eigenvalue weighted by Crippen LogP contribution is 2.33. The van der Waals surface area contributed by atoms with Crippen molar-refractivity contribution in [3.63, 3.8) is 0 Å². The molecule has 0 bridgehead atoms. The van der Waals surface area contributed by atoms with Gasteiger partial charge in [0.25, 0.3) is 0 Å². The summed E-state index contributed by atoms with van der Waals surface area (Å²) in [5.74, 6) is 2.39. The predicted octanol–water partition coefficient (Wildman–Crippen LogP) is 3.09. The molecule has 0 aliphatic carbocycles. The van der Waals surface area contributed by atoms with Crippen molar-refractivity contribution in [3.8, 4) is 0 Å². The van der Waals surface area contributed by atoms with Gasteiger partial charge in [0, 0.05) is 4.75 Å². The minimum atomic E-state index is -0.0718. The van der Waals surface area contributed by atoms with Gasteiger partial charge in [-0.2, -0.15) is 4.98 Å². The Labute approximate surface area is 113 Å². The van der Waals surface area contributed by atoms with Gasteiger partial charge in [-0.05, 0) is 25.8 Å². The quantitative estimate of drug-likeness (QED) is 0.910. The molecule has 5 heteroatoms. The van der Waals surface area contributed by atoms with Gasteiger partial charge < -0.3 is 9.84 Å². The summed E-state index contributed by atoms with van der Waals surface area (Å²) >= 11 is 1.84. The molecule has 18 heavy (non-hydrogen) atoms. The van der Waals surface area contributed by atoms with E-state index in [1.54, 1.807) is 0 Å². The maximum absolute atomic E-state index is 5.47. The Morgan fingerprint density at radius 3 is 2.78 bits per heavy atom. The lowest BCUT2D eigenvalue weighted by molar-refractivity contribution is 0.249. The topological polar surface area (TPSA) is 51.0 Å². The van der Waals surface area contributed by atoms with E-state index in [1.807, 2.05) is 11.8 Å². The van der Waals surface area contributed by atoms with Gasteiger partial charge in [0.2, 0.25) is 5.89 Å². The van der Waals surface area contributed by atoms with Crippen LogP contribution in [0.25, 0.3) is 0 Å². The van der Waals surface area contributed by atoms with Crippen LogP contribution in [-0.4, -0.2) is 21.4 Å². The lowest BCUT2D eigenvalue weighted by atomic mass is 9.94. The second kappa shape index (κ2) is 5.21. The van der Waals surface area contributed by atoms with E-state index in [0.29, 0.717) is 0 Å². The van der Waals surface area contributed by atoms with Crippen molar-refractivity contribution in [2.24, 2.45) is 0 Å². The largest absolute Gasteiger partial charge is 0.337 e. The highest BCUT2D eigenvalue weighted by molar-refractivity contribution is 7.99. The number of hydrogen-bond donors (Lipinski definition) is 1.